The summed E-state index contributed by atoms with van der Waals surface area (Å²) in [7, 11) is 0. The molecule has 5 heterocycles. The quantitative estimate of drug-likeness (QED) is 0.166. The molecular formula is C38H32S5. The summed E-state index contributed by atoms with van der Waals surface area (Å²) < 4.78 is 0. The fraction of sp³-hybridized carbons (Fsp3) is 0.263. The van der Waals surface area contributed by atoms with E-state index >= 15 is 0 Å². The Morgan fingerprint density at radius 3 is 1.28 bits per heavy atom. The topological polar surface area (TPSA) is 0 Å². The second-order valence-corrected chi connectivity index (χ2v) is 14.9. The van der Waals surface area contributed by atoms with Gasteiger partial charge in [0, 0.05) is 4.88 Å². The van der Waals surface area contributed by atoms with Crippen LogP contribution in [0.5, 0.6) is 0 Å². The van der Waals surface area contributed by atoms with Gasteiger partial charge in [-0.05, 0) is 143 Å². The van der Waals surface area contributed by atoms with E-state index in [0.29, 0.717) is 0 Å². The number of aryl methyl sites for hydroxylation is 5. The van der Waals surface area contributed by atoms with E-state index in [9.17, 15) is 0 Å². The molecule has 5 aromatic rings. The molecule has 0 N–H and O–H groups in total. The van der Waals surface area contributed by atoms with Crippen LogP contribution in [0.25, 0.3) is 0 Å². The average molecular weight is 649 g/mol. The SMILES string of the molecule is CCc1ccc(C#Cc2sc(C#Cc3sc(C#Cc4sc(C#Cc5sccc5CC)cc4CC)cc3CC)cc2CC)s1. The number of thiophene rings is 5. The molecule has 5 heteroatoms. The van der Waals surface area contributed by atoms with Crippen molar-refractivity contribution in [3.8, 4) is 47.4 Å². The lowest BCUT2D eigenvalue weighted by Crippen LogP contribution is -1.79. The molecule has 0 aliphatic carbocycles. The molecule has 0 nitrogen and oxygen atoms in total. The Kier molecular flexibility index (Phi) is 10.8. The fourth-order valence-corrected chi connectivity index (χ4v) is 8.93. The van der Waals surface area contributed by atoms with Crippen LogP contribution in [0, 0.1) is 47.4 Å². The highest BCUT2D eigenvalue weighted by Crippen LogP contribution is 2.26. The van der Waals surface area contributed by atoms with E-state index in [0.717, 1.165) is 66.2 Å². The highest BCUT2D eigenvalue weighted by atomic mass is 32.1. The third-order valence-corrected chi connectivity index (χ3v) is 11.9. The Morgan fingerprint density at radius 2 is 0.860 bits per heavy atom. The third-order valence-electron chi connectivity index (χ3n) is 6.90. The number of hydrogen-bond acceptors (Lipinski definition) is 5. The summed E-state index contributed by atoms with van der Waals surface area (Å²) in [5, 5.41) is 2.12. The Balaban J connectivity index is 1.36. The Labute approximate surface area is 276 Å². The van der Waals surface area contributed by atoms with Gasteiger partial charge in [0.1, 0.15) is 0 Å². The van der Waals surface area contributed by atoms with Crippen molar-refractivity contribution in [3.63, 3.8) is 0 Å². The van der Waals surface area contributed by atoms with Crippen molar-refractivity contribution >= 4 is 56.7 Å². The minimum absolute atomic E-state index is 0.936. The standard InChI is InChI=1S/C38H32S5/c1-6-26-21-22-39-35(26)17-14-32-23-28(8-3)37(41-32)19-16-34-25-29(9-4)38(43-34)20-15-33-24-27(7-2)36(42-33)18-13-31-12-11-30(10-5)40-31/h11-12,21-25H,6-10H2,1-5H3. The highest BCUT2D eigenvalue weighted by molar-refractivity contribution is 7.14. The van der Waals surface area contributed by atoms with Gasteiger partial charge in [0.15, 0.2) is 0 Å². The van der Waals surface area contributed by atoms with E-state index in [1.165, 1.54) is 32.0 Å². The molecule has 0 aliphatic rings. The molecule has 5 rings (SSSR count). The van der Waals surface area contributed by atoms with Crippen molar-refractivity contribution in [2.45, 2.75) is 66.7 Å². The maximum atomic E-state index is 3.46. The van der Waals surface area contributed by atoms with Crippen molar-refractivity contribution in [1.82, 2.24) is 0 Å². The number of rotatable bonds is 5. The van der Waals surface area contributed by atoms with E-state index in [1.807, 2.05) is 0 Å². The van der Waals surface area contributed by atoms with Crippen LogP contribution in [0.2, 0.25) is 0 Å². The second-order valence-electron chi connectivity index (χ2n) is 9.70. The van der Waals surface area contributed by atoms with Gasteiger partial charge in [0.2, 0.25) is 0 Å². The maximum absolute atomic E-state index is 3.46. The summed E-state index contributed by atoms with van der Waals surface area (Å²) in [6.07, 6.45) is 4.91. The van der Waals surface area contributed by atoms with Crippen LogP contribution in [0.3, 0.4) is 0 Å². The maximum Gasteiger partial charge on any atom is 0.0817 e. The zero-order valence-electron chi connectivity index (χ0n) is 25.1. The molecule has 0 saturated carbocycles. The first kappa shape index (κ1) is 31.2. The summed E-state index contributed by atoms with van der Waals surface area (Å²) in [4.78, 5) is 10.2. The lowest BCUT2D eigenvalue weighted by molar-refractivity contribution is 1.15. The first-order valence-corrected chi connectivity index (χ1v) is 18.8. The molecular weight excluding hydrogens is 617 g/mol. The first-order valence-electron chi connectivity index (χ1n) is 14.6. The van der Waals surface area contributed by atoms with Crippen molar-refractivity contribution < 1.29 is 0 Å². The summed E-state index contributed by atoms with van der Waals surface area (Å²) in [5.74, 6) is 27.4. The van der Waals surface area contributed by atoms with Crippen LogP contribution in [0.15, 0.2) is 41.8 Å². The summed E-state index contributed by atoms with van der Waals surface area (Å²) in [5.41, 5.74) is 5.13. The van der Waals surface area contributed by atoms with E-state index < -0.39 is 0 Å². The molecule has 0 saturated heterocycles. The van der Waals surface area contributed by atoms with Gasteiger partial charge >= 0.3 is 0 Å². The molecule has 0 spiro atoms. The van der Waals surface area contributed by atoms with Crippen molar-refractivity contribution in [1.29, 1.82) is 0 Å². The molecule has 0 aromatic carbocycles. The Hall–Kier alpha value is -3.26. The highest BCUT2D eigenvalue weighted by Gasteiger charge is 2.08. The van der Waals surface area contributed by atoms with Gasteiger partial charge in [-0.2, -0.15) is 0 Å². The van der Waals surface area contributed by atoms with Gasteiger partial charge in [0.25, 0.3) is 0 Å². The lowest BCUT2D eigenvalue weighted by Gasteiger charge is -1.89. The molecule has 214 valence electrons. The lowest BCUT2D eigenvalue weighted by atomic mass is 10.1. The van der Waals surface area contributed by atoms with Gasteiger partial charge in [-0.3, -0.25) is 0 Å². The predicted octanol–water partition coefficient (Wildman–Crippen LogP) is 10.4. The van der Waals surface area contributed by atoms with Crippen LogP contribution >= 0.6 is 56.7 Å². The third kappa shape index (κ3) is 7.83. The summed E-state index contributed by atoms with van der Waals surface area (Å²) >= 11 is 8.59. The minimum Gasteiger partial charge on any atom is -0.135 e. The Morgan fingerprint density at radius 1 is 0.419 bits per heavy atom. The molecule has 0 unspecified atom stereocenters. The molecule has 0 atom stereocenters. The molecule has 5 aromatic heterocycles. The van der Waals surface area contributed by atoms with Gasteiger partial charge < -0.3 is 0 Å². The largest absolute Gasteiger partial charge is 0.135 e. The molecule has 0 radical (unpaired) electrons. The Bertz CT molecular complexity index is 1980. The van der Waals surface area contributed by atoms with Crippen LogP contribution in [-0.2, 0) is 32.1 Å². The van der Waals surface area contributed by atoms with Gasteiger partial charge in [-0.1, -0.05) is 34.6 Å². The molecule has 0 bridgehead atoms. The summed E-state index contributed by atoms with van der Waals surface area (Å²) in [6.45, 7) is 10.9. The van der Waals surface area contributed by atoms with Gasteiger partial charge in [-0.25, -0.2) is 0 Å². The van der Waals surface area contributed by atoms with Gasteiger partial charge in [0.05, 0.1) is 39.0 Å². The van der Waals surface area contributed by atoms with Crippen LogP contribution in [0.4, 0.5) is 0 Å². The monoisotopic (exact) mass is 648 g/mol. The minimum atomic E-state index is 0.936. The van der Waals surface area contributed by atoms with Crippen LogP contribution in [0.1, 0.15) is 101 Å². The van der Waals surface area contributed by atoms with Crippen LogP contribution in [-0.4, -0.2) is 0 Å². The average Bonchev–Trinajstić information content (AvgIpc) is 3.86. The van der Waals surface area contributed by atoms with Crippen molar-refractivity contribution in [3.05, 3.63) is 108 Å². The van der Waals surface area contributed by atoms with Crippen LogP contribution < -0.4 is 0 Å². The number of hydrogen-bond donors (Lipinski definition) is 0. The smallest absolute Gasteiger partial charge is 0.0817 e. The molecule has 0 fully saturated rings. The zero-order valence-corrected chi connectivity index (χ0v) is 29.2. The van der Waals surface area contributed by atoms with E-state index in [1.54, 1.807) is 56.7 Å². The van der Waals surface area contributed by atoms with E-state index in [4.69, 9.17) is 0 Å². The molecule has 0 aliphatic heterocycles. The summed E-state index contributed by atoms with van der Waals surface area (Å²) in [6, 6.07) is 13.1. The normalized spacial score (nSPS) is 10.2. The van der Waals surface area contributed by atoms with Crippen molar-refractivity contribution in [2.24, 2.45) is 0 Å². The first-order chi connectivity index (χ1) is 21.0. The molecule has 0 amide bonds. The second kappa shape index (κ2) is 15.0. The van der Waals surface area contributed by atoms with E-state index in [2.05, 4.69) is 124 Å². The zero-order chi connectivity index (χ0) is 30.2. The van der Waals surface area contributed by atoms with Crippen molar-refractivity contribution in [2.75, 3.05) is 0 Å². The molecule has 43 heavy (non-hydrogen) atoms. The fourth-order valence-electron chi connectivity index (χ4n) is 4.41. The van der Waals surface area contributed by atoms with E-state index in [-0.39, 0.29) is 0 Å². The van der Waals surface area contributed by atoms with Gasteiger partial charge in [-0.15, -0.1) is 56.7 Å². The predicted molar refractivity (Wildman–Crippen MR) is 192 cm³/mol.